The number of ketones is 1. The molecule has 1 aliphatic carbocycles. The van der Waals surface area contributed by atoms with Crippen LogP contribution in [-0.2, 0) is 4.79 Å². The molecule has 16 heavy (non-hydrogen) atoms. The van der Waals surface area contributed by atoms with Crippen molar-refractivity contribution in [1.82, 2.24) is 0 Å². The lowest BCUT2D eigenvalue weighted by Crippen LogP contribution is -2.11. The van der Waals surface area contributed by atoms with E-state index in [0.717, 1.165) is 6.42 Å². The second kappa shape index (κ2) is 6.47. The third kappa shape index (κ3) is 3.80. The van der Waals surface area contributed by atoms with Gasteiger partial charge in [-0.2, -0.15) is 0 Å². The third-order valence-electron chi connectivity index (χ3n) is 3.57. The van der Waals surface area contributed by atoms with Crippen LogP contribution in [0.4, 0.5) is 0 Å². The third-order valence-corrected chi connectivity index (χ3v) is 3.57. The second-order valence-corrected chi connectivity index (χ2v) is 4.71. The van der Waals surface area contributed by atoms with E-state index in [4.69, 9.17) is 0 Å². The number of hydrogen-bond acceptors (Lipinski definition) is 1. The van der Waals surface area contributed by atoms with Crippen LogP contribution < -0.4 is 0 Å². The fraction of sp³-hybridized carbons (Fsp3) is 0.533. The van der Waals surface area contributed by atoms with E-state index in [1.807, 2.05) is 6.08 Å². The van der Waals surface area contributed by atoms with Crippen LogP contribution >= 0.6 is 0 Å². The summed E-state index contributed by atoms with van der Waals surface area (Å²) in [6.45, 7) is 9.37. The quantitative estimate of drug-likeness (QED) is 0.485. The lowest BCUT2D eigenvalue weighted by molar-refractivity contribution is -0.115. The summed E-state index contributed by atoms with van der Waals surface area (Å²) in [6.07, 6.45) is 11.1. The number of rotatable bonds is 6. The van der Waals surface area contributed by atoms with Crippen LogP contribution in [-0.4, -0.2) is 5.78 Å². The molecule has 1 rings (SSSR count). The van der Waals surface area contributed by atoms with Gasteiger partial charge in [0.15, 0.2) is 5.78 Å². The zero-order valence-electron chi connectivity index (χ0n) is 10.2. The highest BCUT2D eigenvalue weighted by Gasteiger charge is 2.27. The van der Waals surface area contributed by atoms with Crippen molar-refractivity contribution in [3.8, 4) is 0 Å². The molecule has 1 saturated carbocycles. The summed E-state index contributed by atoms with van der Waals surface area (Å²) >= 11 is 0. The molecule has 0 aliphatic heterocycles. The van der Waals surface area contributed by atoms with Gasteiger partial charge in [-0.25, -0.2) is 0 Å². The molecule has 1 aliphatic rings. The first kappa shape index (κ1) is 13.0. The summed E-state index contributed by atoms with van der Waals surface area (Å²) in [5.74, 6) is 1.44. The van der Waals surface area contributed by atoms with E-state index in [9.17, 15) is 4.79 Å². The topological polar surface area (TPSA) is 17.1 Å². The Morgan fingerprint density at radius 2 is 1.94 bits per heavy atom. The Hall–Kier alpha value is -1.11. The van der Waals surface area contributed by atoms with Crippen LogP contribution in [0.1, 0.15) is 39.0 Å². The van der Waals surface area contributed by atoms with Crippen molar-refractivity contribution in [2.45, 2.75) is 39.0 Å². The first-order valence-electron chi connectivity index (χ1n) is 6.11. The fourth-order valence-corrected chi connectivity index (χ4v) is 2.46. The monoisotopic (exact) mass is 218 g/mol. The number of allylic oxidation sites excluding steroid dienone is 4. The van der Waals surface area contributed by atoms with Gasteiger partial charge >= 0.3 is 0 Å². The maximum Gasteiger partial charge on any atom is 0.155 e. The van der Waals surface area contributed by atoms with Gasteiger partial charge in [-0.3, -0.25) is 4.79 Å². The van der Waals surface area contributed by atoms with Gasteiger partial charge in [0.25, 0.3) is 0 Å². The van der Waals surface area contributed by atoms with Crippen LogP contribution in [0.25, 0.3) is 0 Å². The highest BCUT2D eigenvalue weighted by molar-refractivity contribution is 5.89. The summed E-state index contributed by atoms with van der Waals surface area (Å²) in [6, 6.07) is 0. The van der Waals surface area contributed by atoms with Gasteiger partial charge in [-0.05, 0) is 44.1 Å². The van der Waals surface area contributed by atoms with Crippen molar-refractivity contribution < 1.29 is 4.79 Å². The van der Waals surface area contributed by atoms with Gasteiger partial charge in [0.1, 0.15) is 0 Å². The molecule has 0 aromatic rings. The first-order chi connectivity index (χ1) is 7.67. The second-order valence-electron chi connectivity index (χ2n) is 4.71. The van der Waals surface area contributed by atoms with Crippen LogP contribution in [0.3, 0.4) is 0 Å². The number of carbonyl (C=O) groups excluding carboxylic acids is 1. The van der Waals surface area contributed by atoms with Gasteiger partial charge < -0.3 is 0 Å². The highest BCUT2D eigenvalue weighted by atomic mass is 16.1. The normalized spacial score (nSPS) is 25.4. The minimum absolute atomic E-state index is 0.196. The van der Waals surface area contributed by atoms with Gasteiger partial charge in [-0.15, -0.1) is 0 Å². The Bertz CT molecular complexity index is 299. The maximum atomic E-state index is 11.4. The van der Waals surface area contributed by atoms with E-state index < -0.39 is 0 Å². The van der Waals surface area contributed by atoms with Crippen LogP contribution in [0.2, 0.25) is 0 Å². The summed E-state index contributed by atoms with van der Waals surface area (Å²) in [7, 11) is 0. The average molecular weight is 218 g/mol. The van der Waals surface area contributed by atoms with Crippen molar-refractivity contribution in [1.29, 1.82) is 0 Å². The molecule has 0 heterocycles. The molecule has 2 atom stereocenters. The average Bonchev–Trinajstić information content (AvgIpc) is 2.73. The molecule has 0 aromatic carbocycles. The SMILES string of the molecule is C=CC(=O)C[C@@H]1CCC[C@H]1C/C=C(\C)C=C. The van der Waals surface area contributed by atoms with Crippen molar-refractivity contribution in [2.75, 3.05) is 0 Å². The molecule has 1 nitrogen and oxygen atoms in total. The van der Waals surface area contributed by atoms with Crippen LogP contribution in [0.5, 0.6) is 0 Å². The highest BCUT2D eigenvalue weighted by Crippen LogP contribution is 2.37. The summed E-state index contributed by atoms with van der Waals surface area (Å²) in [5.41, 5.74) is 1.24. The number of carbonyl (C=O) groups is 1. The minimum Gasteiger partial charge on any atom is -0.295 e. The van der Waals surface area contributed by atoms with Gasteiger partial charge in [0.2, 0.25) is 0 Å². The molecule has 0 spiro atoms. The Kier molecular flexibility index (Phi) is 5.24. The Morgan fingerprint density at radius 1 is 1.25 bits per heavy atom. The van der Waals surface area contributed by atoms with Crippen molar-refractivity contribution in [2.24, 2.45) is 11.8 Å². The molecule has 1 heteroatoms. The molecule has 0 bridgehead atoms. The fourth-order valence-electron chi connectivity index (χ4n) is 2.46. The smallest absolute Gasteiger partial charge is 0.155 e. The molecule has 0 radical (unpaired) electrons. The molecule has 88 valence electrons. The van der Waals surface area contributed by atoms with Gasteiger partial charge in [0.05, 0.1) is 0 Å². The van der Waals surface area contributed by atoms with E-state index in [1.165, 1.54) is 30.9 Å². The summed E-state index contributed by atoms with van der Waals surface area (Å²) in [4.78, 5) is 11.4. The van der Waals surface area contributed by atoms with E-state index in [1.54, 1.807) is 0 Å². The first-order valence-corrected chi connectivity index (χ1v) is 6.11. The molecular weight excluding hydrogens is 196 g/mol. The molecule has 0 saturated heterocycles. The zero-order chi connectivity index (χ0) is 12.0. The molecule has 1 fully saturated rings. The molecule has 0 aromatic heterocycles. The van der Waals surface area contributed by atoms with E-state index in [-0.39, 0.29) is 5.78 Å². The minimum atomic E-state index is 0.196. The standard InChI is InChI=1S/C15H22O/c1-4-12(3)9-10-13-7-6-8-14(13)11-15(16)5-2/h4-5,9,13-14H,1-2,6-8,10-11H2,3H3/b12-9+/t13-,14-/m0/s1. The van der Waals surface area contributed by atoms with E-state index >= 15 is 0 Å². The summed E-state index contributed by atoms with van der Waals surface area (Å²) in [5, 5.41) is 0. The molecule has 0 amide bonds. The maximum absolute atomic E-state index is 11.4. The van der Waals surface area contributed by atoms with Gasteiger partial charge in [-0.1, -0.05) is 37.3 Å². The number of hydrogen-bond donors (Lipinski definition) is 0. The predicted octanol–water partition coefficient (Wildman–Crippen LogP) is 4.07. The van der Waals surface area contributed by atoms with E-state index in [0.29, 0.717) is 18.3 Å². The molecular formula is C15H22O. The molecule has 0 unspecified atom stereocenters. The lowest BCUT2D eigenvalue weighted by Gasteiger charge is -2.16. The predicted molar refractivity (Wildman–Crippen MR) is 69.2 cm³/mol. The Labute approximate surface area is 98.9 Å². The largest absolute Gasteiger partial charge is 0.295 e. The Balaban J connectivity index is 2.49. The van der Waals surface area contributed by atoms with E-state index in [2.05, 4.69) is 26.2 Å². The summed E-state index contributed by atoms with van der Waals surface area (Å²) < 4.78 is 0. The van der Waals surface area contributed by atoms with Crippen LogP contribution in [0.15, 0.2) is 37.0 Å². The zero-order valence-corrected chi connectivity index (χ0v) is 10.2. The Morgan fingerprint density at radius 3 is 2.56 bits per heavy atom. The van der Waals surface area contributed by atoms with Gasteiger partial charge in [0, 0.05) is 6.42 Å². The van der Waals surface area contributed by atoms with Crippen LogP contribution in [0, 0.1) is 11.8 Å². The lowest BCUT2D eigenvalue weighted by atomic mass is 9.88. The van der Waals surface area contributed by atoms with Crippen molar-refractivity contribution in [3.05, 3.63) is 37.0 Å². The van der Waals surface area contributed by atoms with Crippen molar-refractivity contribution in [3.63, 3.8) is 0 Å². The van der Waals surface area contributed by atoms with Crippen molar-refractivity contribution >= 4 is 5.78 Å². The molecule has 0 N–H and O–H groups in total.